The Balaban J connectivity index is 2.06. The molecule has 2 atom stereocenters. The lowest BCUT2D eigenvalue weighted by Crippen LogP contribution is -2.36. The van der Waals surface area contributed by atoms with Crippen LogP contribution in [0.2, 0.25) is 0 Å². The molecule has 2 nitrogen and oxygen atoms in total. The molecule has 2 unspecified atom stereocenters. The lowest BCUT2D eigenvalue weighted by atomic mass is 9.96. The summed E-state index contributed by atoms with van der Waals surface area (Å²) < 4.78 is 0. The van der Waals surface area contributed by atoms with E-state index in [0.717, 1.165) is 5.92 Å². The summed E-state index contributed by atoms with van der Waals surface area (Å²) in [6.45, 7) is 2.27. The van der Waals surface area contributed by atoms with Crippen molar-refractivity contribution in [2.24, 2.45) is 5.92 Å². The summed E-state index contributed by atoms with van der Waals surface area (Å²) in [5.41, 5.74) is 0. The Bertz CT molecular complexity index is 293. The van der Waals surface area contributed by atoms with Crippen molar-refractivity contribution in [3.05, 3.63) is 22.4 Å². The van der Waals surface area contributed by atoms with Crippen LogP contribution in [0.3, 0.4) is 0 Å². The summed E-state index contributed by atoms with van der Waals surface area (Å²) in [7, 11) is 0. The van der Waals surface area contributed by atoms with Crippen molar-refractivity contribution in [2.75, 3.05) is 6.61 Å². The van der Waals surface area contributed by atoms with Gasteiger partial charge in [0.1, 0.15) is 0 Å². The Labute approximate surface area is 102 Å². The van der Waals surface area contributed by atoms with Gasteiger partial charge in [0.05, 0.1) is 6.61 Å². The first-order valence-corrected chi connectivity index (χ1v) is 7.09. The van der Waals surface area contributed by atoms with Crippen molar-refractivity contribution in [1.82, 2.24) is 5.32 Å². The number of hydrogen-bond donors (Lipinski definition) is 2. The molecule has 0 radical (unpaired) electrons. The fourth-order valence-corrected chi connectivity index (χ4v) is 3.45. The molecular weight excluding hydrogens is 218 g/mol. The molecule has 90 valence electrons. The topological polar surface area (TPSA) is 32.3 Å². The van der Waals surface area contributed by atoms with Gasteiger partial charge in [-0.3, -0.25) is 0 Å². The Hall–Kier alpha value is -0.380. The van der Waals surface area contributed by atoms with E-state index in [9.17, 15) is 0 Å². The Morgan fingerprint density at radius 2 is 2.25 bits per heavy atom. The van der Waals surface area contributed by atoms with E-state index in [1.165, 1.54) is 30.6 Å². The van der Waals surface area contributed by atoms with Crippen LogP contribution in [-0.2, 0) is 0 Å². The van der Waals surface area contributed by atoms with E-state index in [1.807, 2.05) is 11.3 Å². The highest BCUT2D eigenvalue weighted by Crippen LogP contribution is 2.37. The van der Waals surface area contributed by atoms with Crippen molar-refractivity contribution in [1.29, 1.82) is 0 Å². The second-order valence-electron chi connectivity index (χ2n) is 4.79. The predicted octanol–water partition coefficient (Wildman–Crippen LogP) is 2.95. The summed E-state index contributed by atoms with van der Waals surface area (Å²) in [5.74, 6) is 0.757. The van der Waals surface area contributed by atoms with E-state index >= 15 is 0 Å². The van der Waals surface area contributed by atoms with Gasteiger partial charge in [0.2, 0.25) is 0 Å². The Kier molecular flexibility index (Phi) is 4.38. The minimum Gasteiger partial charge on any atom is -0.395 e. The number of aliphatic hydroxyl groups is 1. The number of hydrogen-bond acceptors (Lipinski definition) is 3. The van der Waals surface area contributed by atoms with Crippen molar-refractivity contribution in [3.8, 4) is 0 Å². The zero-order chi connectivity index (χ0) is 11.4. The summed E-state index contributed by atoms with van der Waals surface area (Å²) in [6, 6.07) is 4.97. The molecule has 3 heteroatoms. The fourth-order valence-electron chi connectivity index (χ4n) is 2.57. The lowest BCUT2D eigenvalue weighted by molar-refractivity contribution is 0.225. The van der Waals surface area contributed by atoms with Gasteiger partial charge in [-0.1, -0.05) is 18.9 Å². The molecule has 1 fully saturated rings. The standard InChI is InChI=1S/C13H21NOS/c1-10(9-15)14-13(11-5-2-3-6-11)12-7-4-8-16-12/h4,7-8,10-11,13-15H,2-3,5-6,9H2,1H3. The van der Waals surface area contributed by atoms with Gasteiger partial charge in [-0.15, -0.1) is 11.3 Å². The molecule has 1 heterocycles. The maximum absolute atomic E-state index is 9.16. The smallest absolute Gasteiger partial charge is 0.0582 e. The molecule has 1 saturated carbocycles. The molecule has 1 aromatic heterocycles. The highest BCUT2D eigenvalue weighted by Gasteiger charge is 2.27. The van der Waals surface area contributed by atoms with Crippen LogP contribution in [0.4, 0.5) is 0 Å². The second kappa shape index (κ2) is 5.80. The van der Waals surface area contributed by atoms with Gasteiger partial charge < -0.3 is 10.4 Å². The van der Waals surface area contributed by atoms with Gasteiger partial charge in [-0.05, 0) is 37.1 Å². The molecule has 1 aliphatic rings. The molecular formula is C13H21NOS. The van der Waals surface area contributed by atoms with Crippen molar-refractivity contribution in [2.45, 2.75) is 44.7 Å². The largest absolute Gasteiger partial charge is 0.395 e. The van der Waals surface area contributed by atoms with Gasteiger partial charge in [0.15, 0.2) is 0 Å². The van der Waals surface area contributed by atoms with Gasteiger partial charge in [-0.2, -0.15) is 0 Å². The molecule has 1 aromatic rings. The second-order valence-corrected chi connectivity index (χ2v) is 5.77. The number of aliphatic hydroxyl groups excluding tert-OH is 1. The molecule has 0 spiro atoms. The molecule has 0 amide bonds. The van der Waals surface area contributed by atoms with E-state index in [0.29, 0.717) is 6.04 Å². The van der Waals surface area contributed by atoms with E-state index in [2.05, 4.69) is 29.8 Å². The number of nitrogens with one attached hydrogen (secondary N) is 1. The average Bonchev–Trinajstić information content (AvgIpc) is 2.97. The molecule has 1 aliphatic carbocycles. The van der Waals surface area contributed by atoms with Crippen molar-refractivity contribution >= 4 is 11.3 Å². The van der Waals surface area contributed by atoms with E-state index in [4.69, 9.17) is 5.11 Å². The quantitative estimate of drug-likeness (QED) is 0.828. The van der Waals surface area contributed by atoms with Crippen LogP contribution < -0.4 is 5.32 Å². The average molecular weight is 239 g/mol. The summed E-state index contributed by atoms with van der Waals surface area (Å²) in [6.07, 6.45) is 5.38. The van der Waals surface area contributed by atoms with Crippen LogP contribution in [0.15, 0.2) is 17.5 Å². The molecule has 16 heavy (non-hydrogen) atoms. The zero-order valence-corrected chi connectivity index (χ0v) is 10.7. The first-order chi connectivity index (χ1) is 7.81. The zero-order valence-electron chi connectivity index (χ0n) is 9.86. The van der Waals surface area contributed by atoms with Crippen LogP contribution in [0.25, 0.3) is 0 Å². The SMILES string of the molecule is CC(CO)NC(c1cccs1)C1CCCC1. The van der Waals surface area contributed by atoms with Gasteiger partial charge >= 0.3 is 0 Å². The first-order valence-electron chi connectivity index (χ1n) is 6.21. The van der Waals surface area contributed by atoms with E-state index in [-0.39, 0.29) is 12.6 Å². The molecule has 0 aliphatic heterocycles. The van der Waals surface area contributed by atoms with Gasteiger partial charge in [-0.25, -0.2) is 0 Å². The van der Waals surface area contributed by atoms with Crippen LogP contribution in [-0.4, -0.2) is 17.8 Å². The van der Waals surface area contributed by atoms with Crippen molar-refractivity contribution in [3.63, 3.8) is 0 Å². The summed E-state index contributed by atoms with van der Waals surface area (Å²) in [4.78, 5) is 1.42. The maximum atomic E-state index is 9.16. The Morgan fingerprint density at radius 3 is 2.81 bits per heavy atom. The number of thiophene rings is 1. The normalized spacial score (nSPS) is 21.1. The van der Waals surface area contributed by atoms with Crippen LogP contribution in [0.5, 0.6) is 0 Å². The molecule has 0 aromatic carbocycles. The van der Waals surface area contributed by atoms with Crippen molar-refractivity contribution < 1.29 is 5.11 Å². The van der Waals surface area contributed by atoms with Crippen LogP contribution in [0, 0.1) is 5.92 Å². The molecule has 2 N–H and O–H groups in total. The Morgan fingerprint density at radius 1 is 1.50 bits per heavy atom. The maximum Gasteiger partial charge on any atom is 0.0582 e. The van der Waals surface area contributed by atoms with Crippen LogP contribution >= 0.6 is 11.3 Å². The summed E-state index contributed by atoms with van der Waals surface area (Å²) >= 11 is 1.83. The predicted molar refractivity (Wildman–Crippen MR) is 68.7 cm³/mol. The molecule has 0 bridgehead atoms. The van der Waals surface area contributed by atoms with Crippen LogP contribution in [0.1, 0.15) is 43.5 Å². The van der Waals surface area contributed by atoms with E-state index < -0.39 is 0 Å². The third-order valence-electron chi connectivity index (χ3n) is 3.46. The van der Waals surface area contributed by atoms with E-state index in [1.54, 1.807) is 0 Å². The monoisotopic (exact) mass is 239 g/mol. The molecule has 2 rings (SSSR count). The van der Waals surface area contributed by atoms with Gasteiger partial charge in [0.25, 0.3) is 0 Å². The lowest BCUT2D eigenvalue weighted by Gasteiger charge is -2.26. The molecule has 0 saturated heterocycles. The first kappa shape index (κ1) is 12.1. The highest BCUT2D eigenvalue weighted by molar-refractivity contribution is 7.10. The summed E-state index contributed by atoms with van der Waals surface area (Å²) in [5, 5.41) is 14.9. The third-order valence-corrected chi connectivity index (χ3v) is 4.41. The van der Waals surface area contributed by atoms with Gasteiger partial charge in [0, 0.05) is 17.0 Å². The number of rotatable bonds is 5. The fraction of sp³-hybridized carbons (Fsp3) is 0.692. The highest BCUT2D eigenvalue weighted by atomic mass is 32.1. The minimum absolute atomic E-state index is 0.188. The third kappa shape index (κ3) is 2.84. The minimum atomic E-state index is 0.188.